The Labute approximate surface area is 122 Å². The van der Waals surface area contributed by atoms with Crippen LogP contribution in [0, 0.1) is 25.7 Å². The molecule has 1 N–H and O–H groups in total. The number of rotatable bonds is 5. The van der Waals surface area contributed by atoms with E-state index < -0.39 is 11.5 Å². The summed E-state index contributed by atoms with van der Waals surface area (Å²) in [6, 6.07) is 5.81. The fraction of sp³-hybridized carbons (Fsp3) is 0.588. The lowest BCUT2D eigenvalue weighted by Gasteiger charge is -2.34. The molecular formula is C17H26O3. The number of carbonyl (C=O) groups excluding carboxylic acids is 1. The molecule has 2 atom stereocenters. The van der Waals surface area contributed by atoms with Gasteiger partial charge in [-0.15, -0.1) is 0 Å². The summed E-state index contributed by atoms with van der Waals surface area (Å²) in [5.41, 5.74) is 1.79. The summed E-state index contributed by atoms with van der Waals surface area (Å²) >= 11 is 0. The Morgan fingerprint density at radius 3 is 2.35 bits per heavy atom. The highest BCUT2D eigenvalue weighted by Crippen LogP contribution is 2.36. The molecule has 0 saturated carbocycles. The third-order valence-corrected chi connectivity index (χ3v) is 3.90. The van der Waals surface area contributed by atoms with Gasteiger partial charge in [0.15, 0.2) is 0 Å². The maximum Gasteiger partial charge on any atom is 0.312 e. The van der Waals surface area contributed by atoms with Gasteiger partial charge in [0.2, 0.25) is 0 Å². The van der Waals surface area contributed by atoms with Crippen molar-refractivity contribution in [1.29, 1.82) is 0 Å². The van der Waals surface area contributed by atoms with Gasteiger partial charge in [-0.25, -0.2) is 0 Å². The van der Waals surface area contributed by atoms with E-state index in [0.29, 0.717) is 6.61 Å². The first kappa shape index (κ1) is 16.7. The fourth-order valence-corrected chi connectivity index (χ4v) is 2.62. The molecule has 0 aliphatic rings. The maximum absolute atomic E-state index is 12.2. The lowest BCUT2D eigenvalue weighted by Crippen LogP contribution is -2.41. The molecule has 1 aromatic rings. The SMILES string of the molecule is CCOC(=O)C(C(C)C)C(C)(O)c1ccc(C)c(C)c1. The monoisotopic (exact) mass is 278 g/mol. The highest BCUT2D eigenvalue weighted by molar-refractivity contribution is 5.74. The molecule has 112 valence electrons. The second kappa shape index (κ2) is 6.40. The molecule has 0 amide bonds. The Kier molecular flexibility index (Phi) is 5.35. The zero-order valence-corrected chi connectivity index (χ0v) is 13.4. The lowest BCUT2D eigenvalue weighted by molar-refractivity contribution is -0.161. The lowest BCUT2D eigenvalue weighted by atomic mass is 9.76. The predicted octanol–water partition coefficient (Wildman–Crippen LogP) is 3.35. The second-order valence-corrected chi connectivity index (χ2v) is 5.92. The van der Waals surface area contributed by atoms with Crippen molar-refractivity contribution in [1.82, 2.24) is 0 Å². The quantitative estimate of drug-likeness (QED) is 0.840. The predicted molar refractivity (Wildman–Crippen MR) is 80.4 cm³/mol. The van der Waals surface area contributed by atoms with E-state index in [1.165, 1.54) is 5.56 Å². The third kappa shape index (κ3) is 3.40. The Balaban J connectivity index is 3.21. The van der Waals surface area contributed by atoms with Gasteiger partial charge < -0.3 is 9.84 Å². The summed E-state index contributed by atoms with van der Waals surface area (Å²) in [5.74, 6) is -0.930. The number of aryl methyl sites for hydroxylation is 2. The Morgan fingerprint density at radius 1 is 1.30 bits per heavy atom. The summed E-state index contributed by atoms with van der Waals surface area (Å²) in [5, 5.41) is 10.9. The highest BCUT2D eigenvalue weighted by atomic mass is 16.5. The van der Waals surface area contributed by atoms with E-state index in [1.54, 1.807) is 13.8 Å². The first-order valence-corrected chi connectivity index (χ1v) is 7.18. The smallest absolute Gasteiger partial charge is 0.312 e. The van der Waals surface area contributed by atoms with E-state index in [1.807, 2.05) is 45.9 Å². The molecule has 1 rings (SSSR count). The summed E-state index contributed by atoms with van der Waals surface area (Å²) in [4.78, 5) is 12.2. The van der Waals surface area contributed by atoms with Crippen molar-refractivity contribution in [2.45, 2.75) is 47.1 Å². The number of ether oxygens (including phenoxy) is 1. The van der Waals surface area contributed by atoms with Crippen LogP contribution in [-0.2, 0) is 15.1 Å². The maximum atomic E-state index is 12.2. The third-order valence-electron chi connectivity index (χ3n) is 3.90. The van der Waals surface area contributed by atoms with Crippen molar-refractivity contribution in [3.8, 4) is 0 Å². The molecule has 20 heavy (non-hydrogen) atoms. The average molecular weight is 278 g/mol. The normalized spacial score (nSPS) is 15.8. The molecule has 3 nitrogen and oxygen atoms in total. The molecule has 0 bridgehead atoms. The largest absolute Gasteiger partial charge is 0.466 e. The van der Waals surface area contributed by atoms with Crippen molar-refractivity contribution >= 4 is 5.97 Å². The van der Waals surface area contributed by atoms with Gasteiger partial charge in [-0.3, -0.25) is 4.79 Å². The van der Waals surface area contributed by atoms with Crippen LogP contribution in [0.2, 0.25) is 0 Å². The summed E-state index contributed by atoms with van der Waals surface area (Å²) in [6.07, 6.45) is 0. The van der Waals surface area contributed by atoms with Crippen LogP contribution in [0.5, 0.6) is 0 Å². The minimum Gasteiger partial charge on any atom is -0.466 e. The zero-order chi connectivity index (χ0) is 15.5. The van der Waals surface area contributed by atoms with Crippen LogP contribution in [0.25, 0.3) is 0 Å². The molecular weight excluding hydrogens is 252 g/mol. The number of aliphatic hydroxyl groups is 1. The first-order chi connectivity index (χ1) is 9.21. The van der Waals surface area contributed by atoms with Crippen molar-refractivity contribution in [3.63, 3.8) is 0 Å². The molecule has 0 heterocycles. The molecule has 0 saturated heterocycles. The van der Waals surface area contributed by atoms with Gasteiger partial charge in [-0.2, -0.15) is 0 Å². The van der Waals surface area contributed by atoms with E-state index in [0.717, 1.165) is 11.1 Å². The van der Waals surface area contributed by atoms with Crippen LogP contribution in [0.15, 0.2) is 18.2 Å². The first-order valence-electron chi connectivity index (χ1n) is 7.18. The molecule has 0 spiro atoms. The summed E-state index contributed by atoms with van der Waals surface area (Å²) in [6.45, 7) is 11.7. The van der Waals surface area contributed by atoms with Gasteiger partial charge in [-0.05, 0) is 50.3 Å². The van der Waals surface area contributed by atoms with Gasteiger partial charge in [-0.1, -0.05) is 32.0 Å². The number of hydrogen-bond acceptors (Lipinski definition) is 3. The molecule has 0 radical (unpaired) electrons. The van der Waals surface area contributed by atoms with Crippen LogP contribution in [0.1, 0.15) is 44.4 Å². The Morgan fingerprint density at radius 2 is 1.90 bits per heavy atom. The van der Waals surface area contributed by atoms with Gasteiger partial charge in [0.25, 0.3) is 0 Å². The zero-order valence-electron chi connectivity index (χ0n) is 13.4. The van der Waals surface area contributed by atoms with E-state index in [2.05, 4.69) is 0 Å². The van der Waals surface area contributed by atoms with Crippen LogP contribution in [0.3, 0.4) is 0 Å². The fourth-order valence-electron chi connectivity index (χ4n) is 2.62. The van der Waals surface area contributed by atoms with Gasteiger partial charge in [0, 0.05) is 0 Å². The van der Waals surface area contributed by atoms with Gasteiger partial charge in [0.05, 0.1) is 12.5 Å². The van der Waals surface area contributed by atoms with Gasteiger partial charge in [0.1, 0.15) is 5.60 Å². The minimum absolute atomic E-state index is 0.00865. The van der Waals surface area contributed by atoms with Crippen molar-refractivity contribution in [2.24, 2.45) is 11.8 Å². The van der Waals surface area contributed by atoms with E-state index in [4.69, 9.17) is 4.74 Å². The standard InChI is InChI=1S/C17H26O3/c1-7-20-16(18)15(11(2)3)17(6,19)14-9-8-12(4)13(5)10-14/h8-11,15,19H,7H2,1-6H3. The number of benzene rings is 1. The summed E-state index contributed by atoms with van der Waals surface area (Å²) in [7, 11) is 0. The molecule has 0 aromatic heterocycles. The molecule has 1 aromatic carbocycles. The topological polar surface area (TPSA) is 46.5 Å². The average Bonchev–Trinajstić information content (AvgIpc) is 2.31. The molecule has 0 aliphatic heterocycles. The van der Waals surface area contributed by atoms with Crippen LogP contribution in [0.4, 0.5) is 0 Å². The van der Waals surface area contributed by atoms with E-state index in [-0.39, 0.29) is 11.9 Å². The molecule has 0 aliphatic carbocycles. The Hall–Kier alpha value is -1.35. The number of esters is 1. The summed E-state index contributed by atoms with van der Waals surface area (Å²) < 4.78 is 5.13. The van der Waals surface area contributed by atoms with Crippen molar-refractivity contribution < 1.29 is 14.6 Å². The van der Waals surface area contributed by atoms with E-state index >= 15 is 0 Å². The van der Waals surface area contributed by atoms with Crippen molar-refractivity contribution in [2.75, 3.05) is 6.61 Å². The number of carbonyl (C=O) groups is 1. The van der Waals surface area contributed by atoms with E-state index in [9.17, 15) is 9.90 Å². The van der Waals surface area contributed by atoms with Crippen LogP contribution < -0.4 is 0 Å². The van der Waals surface area contributed by atoms with Crippen LogP contribution >= 0.6 is 0 Å². The van der Waals surface area contributed by atoms with Crippen molar-refractivity contribution in [3.05, 3.63) is 34.9 Å². The van der Waals surface area contributed by atoms with Crippen LogP contribution in [-0.4, -0.2) is 17.7 Å². The second-order valence-electron chi connectivity index (χ2n) is 5.92. The minimum atomic E-state index is -1.24. The molecule has 3 heteroatoms. The number of hydrogen-bond donors (Lipinski definition) is 1. The highest BCUT2D eigenvalue weighted by Gasteiger charge is 2.42. The Bertz CT molecular complexity index is 475. The molecule has 2 unspecified atom stereocenters. The molecule has 0 fully saturated rings. The van der Waals surface area contributed by atoms with Gasteiger partial charge >= 0.3 is 5.97 Å².